The molecule has 2 aliphatic heterocycles. The topological polar surface area (TPSA) is 152 Å². The van der Waals surface area contributed by atoms with E-state index >= 15 is 0 Å². The number of aromatic hydroxyl groups is 2. The number of amides is 1. The zero-order valence-corrected chi connectivity index (χ0v) is 42.7. The molecule has 69 heavy (non-hydrogen) atoms. The molecule has 0 unspecified atom stereocenters. The SMILES string of the molecule is CCCCCCCCCCC[C@@H](C[C@@H]1OC(=O)[C@H]1CCCCCC)OC(=O)[C@H](CC(C)C)NC=O.O=C(c1ccc(OCCN2CCCCC2)cc1)c1c(-c2ccc(O)cc2)sc2cc(O)ccc12. The van der Waals surface area contributed by atoms with Crippen molar-refractivity contribution in [3.63, 3.8) is 0 Å². The first-order valence-corrected chi connectivity index (χ1v) is 27.0. The molecule has 0 aliphatic carbocycles. The summed E-state index contributed by atoms with van der Waals surface area (Å²) >= 11 is 1.46. The predicted molar refractivity (Wildman–Crippen MR) is 277 cm³/mol. The predicted octanol–water partition coefficient (Wildman–Crippen LogP) is 13.0. The van der Waals surface area contributed by atoms with Crippen LogP contribution in [0, 0.1) is 11.8 Å². The number of fused-ring (bicyclic) bond motifs is 1. The second-order valence-corrected chi connectivity index (χ2v) is 20.5. The van der Waals surface area contributed by atoms with Crippen LogP contribution >= 0.6 is 11.3 Å². The number of ether oxygens (including phenoxy) is 3. The quantitative estimate of drug-likeness (QED) is 0.0199. The molecule has 1 amide bonds. The Kier molecular flexibility index (Phi) is 23.9. The van der Waals surface area contributed by atoms with Gasteiger partial charge in [0, 0.05) is 39.1 Å². The van der Waals surface area contributed by atoms with Crippen LogP contribution in [0.15, 0.2) is 66.7 Å². The number of benzene rings is 3. The van der Waals surface area contributed by atoms with Crippen LogP contribution < -0.4 is 10.1 Å². The molecule has 3 aromatic carbocycles. The summed E-state index contributed by atoms with van der Waals surface area (Å²) in [5.41, 5.74) is 2.03. The Morgan fingerprint density at radius 2 is 1.46 bits per heavy atom. The van der Waals surface area contributed by atoms with E-state index in [4.69, 9.17) is 14.2 Å². The standard InChI is InChI=1S/C29H53NO5.C28H27NO4S/c1-5-7-9-11-12-13-14-15-16-18-24(34-29(33)26(30-22-31)20-23(3)4)21-27-25(28(32)35-27)19-17-10-8-6-2;30-21-8-4-20(5-9-21)28-26(24-13-10-22(31)18-25(24)34-28)27(32)19-6-11-23(12-7-19)33-17-16-29-14-2-1-3-15-29/h22-27H,5-21H2,1-4H3,(H,30,31);4-13,18,30-31H,1-3,14-17H2/t24-,25-,26-,27-;/m0./s1. The molecule has 378 valence electrons. The summed E-state index contributed by atoms with van der Waals surface area (Å²) in [6.45, 7) is 12.3. The summed E-state index contributed by atoms with van der Waals surface area (Å²) in [6.07, 6.45) is 22.3. The number of hydrogen-bond donors (Lipinski definition) is 3. The minimum absolute atomic E-state index is 0.0734. The molecule has 2 saturated heterocycles. The molecule has 0 bridgehead atoms. The molecule has 0 spiro atoms. The van der Waals surface area contributed by atoms with E-state index in [0.717, 1.165) is 84.4 Å². The fourth-order valence-corrected chi connectivity index (χ4v) is 10.6. The number of piperidine rings is 1. The Hall–Kier alpha value is -4.94. The Balaban J connectivity index is 0.000000257. The highest BCUT2D eigenvalue weighted by Gasteiger charge is 2.43. The Morgan fingerprint density at radius 3 is 2.10 bits per heavy atom. The monoisotopic (exact) mass is 969 g/mol. The van der Waals surface area contributed by atoms with Gasteiger partial charge in [0.15, 0.2) is 5.78 Å². The highest BCUT2D eigenvalue weighted by Crippen LogP contribution is 2.42. The highest BCUT2D eigenvalue weighted by molar-refractivity contribution is 7.22. The number of unbranched alkanes of at least 4 members (excludes halogenated alkanes) is 11. The molecule has 0 radical (unpaired) electrons. The van der Waals surface area contributed by atoms with Gasteiger partial charge in [-0.05, 0) is 130 Å². The largest absolute Gasteiger partial charge is 0.508 e. The molecule has 3 heterocycles. The van der Waals surface area contributed by atoms with E-state index in [-0.39, 0.29) is 53.3 Å². The van der Waals surface area contributed by atoms with E-state index in [2.05, 4.69) is 24.1 Å². The zero-order valence-electron chi connectivity index (χ0n) is 41.9. The molecule has 4 atom stereocenters. The maximum absolute atomic E-state index is 13.6. The van der Waals surface area contributed by atoms with Gasteiger partial charge in [-0.1, -0.05) is 111 Å². The number of rotatable bonds is 30. The first-order chi connectivity index (χ1) is 33.5. The van der Waals surface area contributed by atoms with Crippen LogP contribution in [0.2, 0.25) is 0 Å². The lowest BCUT2D eigenvalue weighted by Crippen LogP contribution is -2.48. The molecule has 2 fully saturated rings. The fraction of sp³-hybridized carbons (Fsp3) is 0.579. The normalized spacial score (nSPS) is 16.7. The van der Waals surface area contributed by atoms with E-state index in [0.29, 0.717) is 37.0 Å². The van der Waals surface area contributed by atoms with Crippen molar-refractivity contribution >= 4 is 45.6 Å². The number of cyclic esters (lactones) is 1. The van der Waals surface area contributed by atoms with Gasteiger partial charge >= 0.3 is 11.9 Å². The average Bonchev–Trinajstić information content (AvgIpc) is 3.72. The first-order valence-electron chi connectivity index (χ1n) is 26.2. The van der Waals surface area contributed by atoms with Gasteiger partial charge in [0.05, 0.1) is 5.92 Å². The Morgan fingerprint density at radius 1 is 0.826 bits per heavy atom. The number of phenolic OH excluding ortho intramolecular Hbond substituents is 2. The van der Waals surface area contributed by atoms with Gasteiger partial charge in [-0.15, -0.1) is 11.3 Å². The van der Waals surface area contributed by atoms with Crippen LogP contribution in [0.3, 0.4) is 0 Å². The van der Waals surface area contributed by atoms with Gasteiger partial charge in [-0.25, -0.2) is 4.79 Å². The molecule has 12 heteroatoms. The second-order valence-electron chi connectivity index (χ2n) is 19.4. The molecule has 2 aliphatic rings. The van der Waals surface area contributed by atoms with Gasteiger partial charge < -0.3 is 29.7 Å². The molecule has 6 rings (SSSR count). The summed E-state index contributed by atoms with van der Waals surface area (Å²) in [4.78, 5) is 52.9. The van der Waals surface area contributed by atoms with E-state index in [1.165, 1.54) is 88.4 Å². The third kappa shape index (κ3) is 18.1. The molecule has 3 N–H and O–H groups in total. The molecule has 4 aromatic rings. The van der Waals surface area contributed by atoms with Gasteiger partial charge in [0.2, 0.25) is 6.41 Å². The van der Waals surface area contributed by atoms with Crippen molar-refractivity contribution in [2.24, 2.45) is 11.8 Å². The minimum Gasteiger partial charge on any atom is -0.508 e. The number of thiophene rings is 1. The first kappa shape index (κ1) is 55.0. The maximum atomic E-state index is 13.6. The number of ketones is 1. The number of carbonyl (C=O) groups is 4. The van der Waals surface area contributed by atoms with Crippen LogP contribution in [0.5, 0.6) is 17.2 Å². The van der Waals surface area contributed by atoms with Gasteiger partial charge in [0.25, 0.3) is 0 Å². The third-order valence-electron chi connectivity index (χ3n) is 13.3. The lowest BCUT2D eigenvalue weighted by atomic mass is 9.86. The minimum atomic E-state index is -0.632. The number of likely N-dealkylation sites (tertiary alicyclic amines) is 1. The molecule has 1 aromatic heterocycles. The van der Waals surface area contributed by atoms with Crippen molar-refractivity contribution < 1.29 is 43.6 Å². The van der Waals surface area contributed by atoms with Crippen LogP contribution in [0.25, 0.3) is 20.5 Å². The third-order valence-corrected chi connectivity index (χ3v) is 14.5. The van der Waals surface area contributed by atoms with Crippen LogP contribution in [0.1, 0.15) is 172 Å². The smallest absolute Gasteiger partial charge is 0.328 e. The van der Waals surface area contributed by atoms with Crippen molar-refractivity contribution in [1.29, 1.82) is 0 Å². The number of phenols is 2. The fourth-order valence-electron chi connectivity index (χ4n) is 9.35. The van der Waals surface area contributed by atoms with Crippen molar-refractivity contribution in [3.8, 4) is 27.7 Å². The van der Waals surface area contributed by atoms with Crippen molar-refractivity contribution in [2.75, 3.05) is 26.2 Å². The van der Waals surface area contributed by atoms with Crippen molar-refractivity contribution in [2.45, 2.75) is 174 Å². The number of esters is 2. The number of carbonyl (C=O) groups excluding carboxylic acids is 4. The lowest BCUT2D eigenvalue weighted by Gasteiger charge is -2.37. The molecule has 0 saturated carbocycles. The van der Waals surface area contributed by atoms with Gasteiger partial charge in [-0.3, -0.25) is 19.3 Å². The maximum Gasteiger partial charge on any atom is 0.328 e. The summed E-state index contributed by atoms with van der Waals surface area (Å²) in [7, 11) is 0. The zero-order chi connectivity index (χ0) is 49.4. The Bertz CT molecular complexity index is 2150. The average molecular weight is 969 g/mol. The van der Waals surface area contributed by atoms with Crippen molar-refractivity contribution in [3.05, 3.63) is 77.9 Å². The second kappa shape index (κ2) is 29.9. The Labute approximate surface area is 415 Å². The van der Waals surface area contributed by atoms with E-state index in [1.54, 1.807) is 42.5 Å². The summed E-state index contributed by atoms with van der Waals surface area (Å²) < 4.78 is 18.2. The lowest BCUT2D eigenvalue weighted by molar-refractivity contribution is -0.190. The highest BCUT2D eigenvalue weighted by atomic mass is 32.1. The van der Waals surface area contributed by atoms with Crippen LogP contribution in [-0.2, 0) is 23.9 Å². The molecular weight excluding hydrogens is 889 g/mol. The van der Waals surface area contributed by atoms with Crippen molar-refractivity contribution in [1.82, 2.24) is 10.2 Å². The molecule has 11 nitrogen and oxygen atoms in total. The van der Waals surface area contributed by atoms with E-state index in [9.17, 15) is 29.4 Å². The summed E-state index contributed by atoms with van der Waals surface area (Å²) in [5, 5.41) is 23.1. The van der Waals surface area contributed by atoms with Gasteiger partial charge in [-0.2, -0.15) is 0 Å². The number of nitrogens with one attached hydrogen (secondary N) is 1. The van der Waals surface area contributed by atoms with E-state index in [1.807, 2.05) is 38.1 Å². The van der Waals surface area contributed by atoms with Crippen LogP contribution in [-0.4, -0.2) is 83.7 Å². The van der Waals surface area contributed by atoms with Crippen LogP contribution in [0.4, 0.5) is 0 Å². The number of hydrogen-bond acceptors (Lipinski definition) is 11. The summed E-state index contributed by atoms with van der Waals surface area (Å²) in [6, 6.07) is 18.6. The number of nitrogens with zero attached hydrogens (tertiary/aromatic N) is 1. The summed E-state index contributed by atoms with van der Waals surface area (Å²) in [5.74, 6) is 0.707. The van der Waals surface area contributed by atoms with E-state index < -0.39 is 6.04 Å². The molecular formula is C57H80N2O9S. The van der Waals surface area contributed by atoms with Gasteiger partial charge in [0.1, 0.15) is 42.1 Å².